The molecule has 0 spiro atoms. The first kappa shape index (κ1) is 16.8. The molecule has 7 heteroatoms. The van der Waals surface area contributed by atoms with Crippen LogP contribution >= 0.6 is 12.2 Å². The van der Waals surface area contributed by atoms with Crippen LogP contribution in [0.2, 0.25) is 0 Å². The van der Waals surface area contributed by atoms with Gasteiger partial charge in [-0.05, 0) is 44.3 Å². The average Bonchev–Trinajstić information content (AvgIpc) is 2.85. The van der Waals surface area contributed by atoms with E-state index in [0.717, 1.165) is 22.6 Å². The normalized spacial score (nSPS) is 10.6. The number of aryl methyl sites for hydroxylation is 2. The van der Waals surface area contributed by atoms with E-state index in [4.69, 9.17) is 21.7 Å². The minimum Gasteiger partial charge on any atom is -0.493 e. The maximum Gasteiger partial charge on any atom is 0.191 e. The molecule has 0 bridgehead atoms. The van der Waals surface area contributed by atoms with Crippen LogP contribution in [-0.2, 0) is 0 Å². The summed E-state index contributed by atoms with van der Waals surface area (Å²) in [5, 5.41) is 7.56. The van der Waals surface area contributed by atoms with Gasteiger partial charge in [0.15, 0.2) is 16.6 Å². The first-order chi connectivity index (χ1) is 11.0. The molecule has 6 nitrogen and oxygen atoms in total. The minimum absolute atomic E-state index is 0.387. The van der Waals surface area contributed by atoms with Gasteiger partial charge in [0.25, 0.3) is 0 Å². The van der Waals surface area contributed by atoms with Crippen molar-refractivity contribution in [3.05, 3.63) is 41.2 Å². The van der Waals surface area contributed by atoms with Crippen molar-refractivity contribution in [2.24, 2.45) is 5.10 Å². The van der Waals surface area contributed by atoms with Gasteiger partial charge in [0, 0.05) is 28.7 Å². The largest absolute Gasteiger partial charge is 0.493 e. The number of aromatic nitrogens is 1. The number of benzene rings is 1. The lowest BCUT2D eigenvalue weighted by molar-refractivity contribution is 0.355. The second kappa shape index (κ2) is 7.64. The molecular weight excluding hydrogens is 312 g/mol. The second-order valence-electron chi connectivity index (χ2n) is 4.93. The summed E-state index contributed by atoms with van der Waals surface area (Å²) in [5.74, 6) is 1.29. The van der Waals surface area contributed by atoms with Gasteiger partial charge in [0.05, 0.1) is 20.4 Å². The zero-order valence-electron chi connectivity index (χ0n) is 13.6. The van der Waals surface area contributed by atoms with E-state index in [2.05, 4.69) is 20.8 Å². The highest BCUT2D eigenvalue weighted by Crippen LogP contribution is 2.29. The number of nitrogens with zero attached hydrogens (tertiary/aromatic N) is 1. The predicted octanol–water partition coefficient (Wildman–Crippen LogP) is 2.97. The third-order valence-electron chi connectivity index (χ3n) is 3.20. The predicted molar refractivity (Wildman–Crippen MR) is 96.8 cm³/mol. The van der Waals surface area contributed by atoms with E-state index in [0.29, 0.717) is 16.6 Å². The highest BCUT2D eigenvalue weighted by atomic mass is 32.1. The standard InChI is InChI=1S/C16H20N4O2S/c1-10-7-12(11(2)18-10)9-17-20-16(23)19-13-5-6-14(21-3)15(8-13)22-4/h5-9,18H,1-4H3,(H2,19,20,23)/b17-9+. The zero-order chi connectivity index (χ0) is 16.8. The van der Waals surface area contributed by atoms with Crippen LogP contribution in [0.15, 0.2) is 29.4 Å². The lowest BCUT2D eigenvalue weighted by Crippen LogP contribution is -2.23. The topological polar surface area (TPSA) is 70.7 Å². The number of rotatable bonds is 5. The number of hydrazone groups is 1. The van der Waals surface area contributed by atoms with E-state index < -0.39 is 0 Å². The lowest BCUT2D eigenvalue weighted by Gasteiger charge is -2.11. The van der Waals surface area contributed by atoms with Crippen molar-refractivity contribution in [1.29, 1.82) is 0 Å². The monoisotopic (exact) mass is 332 g/mol. The second-order valence-corrected chi connectivity index (χ2v) is 5.33. The number of methoxy groups -OCH3 is 2. The number of ether oxygens (including phenoxy) is 2. The van der Waals surface area contributed by atoms with Crippen LogP contribution in [0.25, 0.3) is 0 Å². The van der Waals surface area contributed by atoms with Crippen molar-refractivity contribution in [2.75, 3.05) is 19.5 Å². The quantitative estimate of drug-likeness (QED) is 0.446. The fraction of sp³-hybridized carbons (Fsp3) is 0.250. The van der Waals surface area contributed by atoms with Crippen LogP contribution in [0.1, 0.15) is 17.0 Å². The van der Waals surface area contributed by atoms with Crippen LogP contribution in [0.3, 0.4) is 0 Å². The van der Waals surface area contributed by atoms with Gasteiger partial charge < -0.3 is 19.8 Å². The summed E-state index contributed by atoms with van der Waals surface area (Å²) in [4.78, 5) is 3.22. The van der Waals surface area contributed by atoms with Crippen molar-refractivity contribution >= 4 is 29.2 Å². The van der Waals surface area contributed by atoms with Gasteiger partial charge in [-0.2, -0.15) is 5.10 Å². The maximum absolute atomic E-state index is 5.25. The van der Waals surface area contributed by atoms with E-state index in [-0.39, 0.29) is 0 Å². The van der Waals surface area contributed by atoms with Crippen molar-refractivity contribution in [1.82, 2.24) is 10.4 Å². The number of hydrogen-bond donors (Lipinski definition) is 3. The van der Waals surface area contributed by atoms with Crippen LogP contribution in [-0.4, -0.2) is 30.5 Å². The average molecular weight is 332 g/mol. The molecule has 122 valence electrons. The van der Waals surface area contributed by atoms with Crippen LogP contribution in [0, 0.1) is 13.8 Å². The van der Waals surface area contributed by atoms with Crippen LogP contribution < -0.4 is 20.2 Å². The lowest BCUT2D eigenvalue weighted by atomic mass is 10.3. The molecule has 0 unspecified atom stereocenters. The third kappa shape index (κ3) is 4.46. The Balaban J connectivity index is 1.96. The Morgan fingerprint density at radius 1 is 1.17 bits per heavy atom. The Labute approximate surface area is 140 Å². The van der Waals surface area contributed by atoms with Gasteiger partial charge in [0.1, 0.15) is 0 Å². The van der Waals surface area contributed by atoms with Crippen LogP contribution in [0.5, 0.6) is 11.5 Å². The number of hydrogen-bond acceptors (Lipinski definition) is 4. The zero-order valence-corrected chi connectivity index (χ0v) is 14.4. The Morgan fingerprint density at radius 2 is 1.91 bits per heavy atom. The highest BCUT2D eigenvalue weighted by Gasteiger charge is 2.05. The van der Waals surface area contributed by atoms with E-state index in [1.165, 1.54) is 0 Å². The number of H-pyrrole nitrogens is 1. The molecule has 1 heterocycles. The Hall–Kier alpha value is -2.54. The molecule has 1 aromatic carbocycles. The number of thiocarbonyl (C=S) groups is 1. The van der Waals surface area contributed by atoms with E-state index in [9.17, 15) is 0 Å². The van der Waals surface area contributed by atoms with Gasteiger partial charge in [0.2, 0.25) is 0 Å². The molecule has 0 radical (unpaired) electrons. The first-order valence-electron chi connectivity index (χ1n) is 7.01. The summed E-state index contributed by atoms with van der Waals surface area (Å²) in [5.41, 5.74) is 6.74. The summed E-state index contributed by atoms with van der Waals surface area (Å²) < 4.78 is 10.4. The van der Waals surface area contributed by atoms with Gasteiger partial charge >= 0.3 is 0 Å². The number of anilines is 1. The van der Waals surface area contributed by atoms with Gasteiger partial charge in [-0.25, -0.2) is 0 Å². The molecule has 1 aromatic heterocycles. The number of nitrogens with one attached hydrogen (secondary N) is 3. The molecule has 2 rings (SSSR count). The molecule has 2 aromatic rings. The van der Waals surface area contributed by atoms with Gasteiger partial charge in [-0.1, -0.05) is 0 Å². The van der Waals surface area contributed by atoms with Gasteiger partial charge in [-0.15, -0.1) is 0 Å². The van der Waals surface area contributed by atoms with E-state index in [1.54, 1.807) is 32.6 Å². The molecule has 0 saturated heterocycles. The summed E-state index contributed by atoms with van der Waals surface area (Å²) in [6.07, 6.45) is 1.72. The number of aromatic amines is 1. The Kier molecular flexibility index (Phi) is 5.59. The smallest absolute Gasteiger partial charge is 0.191 e. The molecule has 0 aliphatic rings. The summed E-state index contributed by atoms with van der Waals surface area (Å²) in [6, 6.07) is 7.47. The molecule has 0 aliphatic heterocycles. The van der Waals surface area contributed by atoms with Crippen molar-refractivity contribution in [3.8, 4) is 11.5 Å². The maximum atomic E-state index is 5.25. The van der Waals surface area contributed by atoms with E-state index >= 15 is 0 Å². The van der Waals surface area contributed by atoms with Crippen molar-refractivity contribution < 1.29 is 9.47 Å². The summed E-state index contributed by atoms with van der Waals surface area (Å²) in [6.45, 7) is 4.00. The fourth-order valence-corrected chi connectivity index (χ4v) is 2.28. The molecule has 0 saturated carbocycles. The molecule has 0 amide bonds. The first-order valence-corrected chi connectivity index (χ1v) is 7.42. The van der Waals surface area contributed by atoms with Crippen LogP contribution in [0.4, 0.5) is 5.69 Å². The third-order valence-corrected chi connectivity index (χ3v) is 3.39. The van der Waals surface area contributed by atoms with Gasteiger partial charge in [-0.3, -0.25) is 5.43 Å². The SMILES string of the molecule is COc1ccc(NC(=S)N/N=C/c2cc(C)[nH]c2C)cc1OC. The Bertz CT molecular complexity index is 725. The molecule has 3 N–H and O–H groups in total. The summed E-state index contributed by atoms with van der Waals surface area (Å²) in [7, 11) is 3.18. The van der Waals surface area contributed by atoms with E-state index in [1.807, 2.05) is 26.0 Å². The van der Waals surface area contributed by atoms with Crippen molar-refractivity contribution in [3.63, 3.8) is 0 Å². The molecular formula is C16H20N4O2S. The molecule has 0 fully saturated rings. The van der Waals surface area contributed by atoms with Crippen molar-refractivity contribution in [2.45, 2.75) is 13.8 Å². The molecule has 0 aliphatic carbocycles. The summed E-state index contributed by atoms with van der Waals surface area (Å²) >= 11 is 5.21. The highest BCUT2D eigenvalue weighted by molar-refractivity contribution is 7.80. The molecule has 23 heavy (non-hydrogen) atoms. The molecule has 0 atom stereocenters. The minimum atomic E-state index is 0.387. The Morgan fingerprint density at radius 3 is 2.52 bits per heavy atom. The fourth-order valence-electron chi connectivity index (χ4n) is 2.11.